The summed E-state index contributed by atoms with van der Waals surface area (Å²) < 4.78 is 0. The van der Waals surface area contributed by atoms with Crippen molar-refractivity contribution in [2.24, 2.45) is 5.73 Å². The van der Waals surface area contributed by atoms with E-state index in [0.29, 0.717) is 11.7 Å². The van der Waals surface area contributed by atoms with Gasteiger partial charge in [0.15, 0.2) is 0 Å². The van der Waals surface area contributed by atoms with Crippen molar-refractivity contribution >= 4 is 33.7 Å². The van der Waals surface area contributed by atoms with Gasteiger partial charge in [0, 0.05) is 17.5 Å². The number of amides is 1. The molecule has 1 amide bonds. The van der Waals surface area contributed by atoms with Gasteiger partial charge in [-0.3, -0.25) is 4.79 Å². The van der Waals surface area contributed by atoms with Crippen LogP contribution < -0.4 is 11.1 Å². The van der Waals surface area contributed by atoms with Crippen LogP contribution in [0.15, 0.2) is 29.6 Å². The van der Waals surface area contributed by atoms with Crippen LogP contribution in [0.5, 0.6) is 0 Å². The van der Waals surface area contributed by atoms with Gasteiger partial charge in [0.2, 0.25) is 11.0 Å². The van der Waals surface area contributed by atoms with Crippen LogP contribution in [0, 0.1) is 6.92 Å². The number of nitrogens with one attached hydrogen (secondary N) is 1. The number of carbonyl (C=O) groups is 1. The molecule has 0 aliphatic rings. The summed E-state index contributed by atoms with van der Waals surface area (Å²) in [5.74, 6) is -0.148. The number of rotatable bonds is 5. The third-order valence-electron chi connectivity index (χ3n) is 3.13. The lowest BCUT2D eigenvalue weighted by Crippen LogP contribution is -2.14. The molecule has 1 aromatic carbocycles. The number of thiazole rings is 1. The summed E-state index contributed by atoms with van der Waals surface area (Å²) in [7, 11) is 0. The predicted octanol–water partition coefficient (Wildman–Crippen LogP) is 2.61. The zero-order chi connectivity index (χ0) is 16.2. The van der Waals surface area contributed by atoms with Crippen molar-refractivity contribution in [3.8, 4) is 10.6 Å². The standard InChI is InChI=1S/C15H15N5OS2/c1-9-19-20-15(23-9)18-13(21)6-11-8-22-14(17-11)12-5-3-2-4-10(12)7-16/h2-5,8H,6-7,16H2,1H3,(H,18,20,21). The maximum Gasteiger partial charge on any atom is 0.232 e. The SMILES string of the molecule is Cc1nnc(NC(=O)Cc2csc(-c3ccccc3CN)n2)s1. The van der Waals surface area contributed by atoms with Crippen molar-refractivity contribution in [2.45, 2.75) is 19.9 Å². The van der Waals surface area contributed by atoms with Crippen LogP contribution in [0.25, 0.3) is 10.6 Å². The molecular weight excluding hydrogens is 330 g/mol. The molecular formula is C15H15N5OS2. The van der Waals surface area contributed by atoms with Gasteiger partial charge in [-0.05, 0) is 12.5 Å². The molecule has 3 aromatic rings. The lowest BCUT2D eigenvalue weighted by molar-refractivity contribution is -0.115. The number of anilines is 1. The quantitative estimate of drug-likeness (QED) is 0.741. The van der Waals surface area contributed by atoms with E-state index in [-0.39, 0.29) is 12.3 Å². The molecule has 0 saturated heterocycles. The fourth-order valence-electron chi connectivity index (χ4n) is 2.09. The van der Waals surface area contributed by atoms with E-state index in [1.807, 2.05) is 36.6 Å². The molecule has 0 fully saturated rings. The molecule has 0 aliphatic carbocycles. The third-order valence-corrected chi connectivity index (χ3v) is 4.81. The van der Waals surface area contributed by atoms with E-state index >= 15 is 0 Å². The van der Waals surface area contributed by atoms with Crippen LogP contribution >= 0.6 is 22.7 Å². The molecule has 6 nitrogen and oxygen atoms in total. The number of aryl methyl sites for hydroxylation is 1. The average molecular weight is 345 g/mol. The lowest BCUT2D eigenvalue weighted by Gasteiger charge is -2.03. The Morgan fingerprint density at radius 3 is 2.87 bits per heavy atom. The van der Waals surface area contributed by atoms with Gasteiger partial charge in [-0.2, -0.15) is 0 Å². The van der Waals surface area contributed by atoms with Crippen molar-refractivity contribution in [3.05, 3.63) is 45.9 Å². The van der Waals surface area contributed by atoms with Crippen LogP contribution in [0.1, 0.15) is 16.3 Å². The first-order valence-electron chi connectivity index (χ1n) is 6.98. The summed E-state index contributed by atoms with van der Waals surface area (Å²) in [5, 5.41) is 14.6. The minimum atomic E-state index is -0.148. The molecule has 0 aliphatic heterocycles. The number of nitrogens with zero attached hydrogens (tertiary/aromatic N) is 3. The Hall–Kier alpha value is -2.16. The number of hydrogen-bond donors (Lipinski definition) is 2. The fourth-order valence-corrected chi connectivity index (χ4v) is 3.58. The van der Waals surface area contributed by atoms with E-state index in [9.17, 15) is 4.79 Å². The molecule has 0 saturated carbocycles. The van der Waals surface area contributed by atoms with Gasteiger partial charge in [-0.25, -0.2) is 4.98 Å². The monoisotopic (exact) mass is 345 g/mol. The second kappa shape index (κ2) is 6.95. The average Bonchev–Trinajstić information content (AvgIpc) is 3.16. The van der Waals surface area contributed by atoms with E-state index in [1.165, 1.54) is 22.7 Å². The molecule has 23 heavy (non-hydrogen) atoms. The summed E-state index contributed by atoms with van der Waals surface area (Å²) in [5.41, 5.74) is 8.56. The Morgan fingerprint density at radius 2 is 2.13 bits per heavy atom. The molecule has 8 heteroatoms. The first kappa shape index (κ1) is 15.7. The molecule has 118 valence electrons. The van der Waals surface area contributed by atoms with Crippen molar-refractivity contribution < 1.29 is 4.79 Å². The number of benzene rings is 1. The van der Waals surface area contributed by atoms with Crippen molar-refractivity contribution in [3.63, 3.8) is 0 Å². The molecule has 3 rings (SSSR count). The van der Waals surface area contributed by atoms with E-state index in [1.54, 1.807) is 0 Å². The Labute approximate surface area is 141 Å². The predicted molar refractivity (Wildman–Crippen MR) is 92.4 cm³/mol. The zero-order valence-electron chi connectivity index (χ0n) is 12.4. The van der Waals surface area contributed by atoms with Crippen LogP contribution in [0.3, 0.4) is 0 Å². The second-order valence-corrected chi connectivity index (χ2v) is 6.90. The first-order valence-corrected chi connectivity index (χ1v) is 8.68. The van der Waals surface area contributed by atoms with Crippen molar-refractivity contribution in [1.82, 2.24) is 15.2 Å². The van der Waals surface area contributed by atoms with Gasteiger partial charge in [0.05, 0.1) is 12.1 Å². The minimum absolute atomic E-state index is 0.148. The van der Waals surface area contributed by atoms with Gasteiger partial charge >= 0.3 is 0 Å². The largest absolute Gasteiger partial charge is 0.326 e. The normalized spacial score (nSPS) is 10.7. The number of aromatic nitrogens is 3. The molecule has 0 bridgehead atoms. The van der Waals surface area contributed by atoms with Crippen LogP contribution in [0.4, 0.5) is 5.13 Å². The van der Waals surface area contributed by atoms with Crippen LogP contribution in [-0.2, 0) is 17.8 Å². The van der Waals surface area contributed by atoms with E-state index < -0.39 is 0 Å². The minimum Gasteiger partial charge on any atom is -0.326 e. The van der Waals surface area contributed by atoms with Crippen molar-refractivity contribution in [2.75, 3.05) is 5.32 Å². The number of hydrogen-bond acceptors (Lipinski definition) is 7. The first-order chi connectivity index (χ1) is 11.2. The smallest absolute Gasteiger partial charge is 0.232 e. The highest BCUT2D eigenvalue weighted by Gasteiger charge is 2.12. The van der Waals surface area contributed by atoms with E-state index in [2.05, 4.69) is 20.5 Å². The van der Waals surface area contributed by atoms with Gasteiger partial charge in [-0.1, -0.05) is 35.6 Å². The van der Waals surface area contributed by atoms with Gasteiger partial charge in [-0.15, -0.1) is 21.5 Å². The van der Waals surface area contributed by atoms with Gasteiger partial charge in [0.25, 0.3) is 0 Å². The highest BCUT2D eigenvalue weighted by atomic mass is 32.1. The molecule has 0 unspecified atom stereocenters. The Kier molecular flexibility index (Phi) is 4.75. The maximum atomic E-state index is 12.0. The molecule has 3 N–H and O–H groups in total. The molecule has 0 atom stereocenters. The Bertz CT molecular complexity index is 827. The summed E-state index contributed by atoms with van der Waals surface area (Å²) >= 11 is 2.86. The van der Waals surface area contributed by atoms with E-state index in [4.69, 9.17) is 5.73 Å². The molecule has 2 aromatic heterocycles. The third kappa shape index (κ3) is 3.79. The van der Waals surface area contributed by atoms with Crippen LogP contribution in [-0.4, -0.2) is 21.1 Å². The summed E-state index contributed by atoms with van der Waals surface area (Å²) in [6.45, 7) is 2.30. The topological polar surface area (TPSA) is 93.8 Å². The van der Waals surface area contributed by atoms with E-state index in [0.717, 1.165) is 26.8 Å². The lowest BCUT2D eigenvalue weighted by atomic mass is 10.1. The van der Waals surface area contributed by atoms with Crippen LogP contribution in [0.2, 0.25) is 0 Å². The Balaban J connectivity index is 1.71. The molecule has 0 radical (unpaired) electrons. The maximum absolute atomic E-state index is 12.0. The van der Waals surface area contributed by atoms with Crippen molar-refractivity contribution in [1.29, 1.82) is 0 Å². The molecule has 0 spiro atoms. The van der Waals surface area contributed by atoms with Gasteiger partial charge < -0.3 is 11.1 Å². The highest BCUT2D eigenvalue weighted by Crippen LogP contribution is 2.27. The number of carbonyl (C=O) groups excluding carboxylic acids is 1. The Morgan fingerprint density at radius 1 is 1.30 bits per heavy atom. The van der Waals surface area contributed by atoms with Gasteiger partial charge in [0.1, 0.15) is 10.0 Å². The number of nitrogens with two attached hydrogens (primary N) is 1. The summed E-state index contributed by atoms with van der Waals surface area (Å²) in [6.07, 6.45) is 0.208. The fraction of sp³-hybridized carbons (Fsp3) is 0.200. The summed E-state index contributed by atoms with van der Waals surface area (Å²) in [4.78, 5) is 16.6. The second-order valence-electron chi connectivity index (χ2n) is 4.86. The highest BCUT2D eigenvalue weighted by molar-refractivity contribution is 7.15. The molecule has 2 heterocycles. The zero-order valence-corrected chi connectivity index (χ0v) is 14.1. The summed E-state index contributed by atoms with van der Waals surface area (Å²) in [6, 6.07) is 7.90.